The van der Waals surface area contributed by atoms with Crippen LogP contribution in [0, 0.1) is 29.5 Å². The highest BCUT2D eigenvalue weighted by atomic mass is 32.2. The van der Waals surface area contributed by atoms with Gasteiger partial charge in [0.1, 0.15) is 17.6 Å². The monoisotopic (exact) mass is 487 g/mol. The number of ketones is 1. The molecule has 1 N–H and O–H groups in total. The first-order valence-corrected chi connectivity index (χ1v) is 11.8. The Morgan fingerprint density at radius 2 is 1.94 bits per heavy atom. The topological polar surface area (TPSA) is 113 Å². The number of hydrogen-bond donors (Lipinski definition) is 1. The summed E-state index contributed by atoms with van der Waals surface area (Å²) in [6.07, 6.45) is -4.45. The molecule has 2 atom stereocenters. The van der Waals surface area contributed by atoms with Gasteiger partial charge in [-0.2, -0.15) is 18.4 Å². The molecule has 1 fully saturated rings. The number of Topliss-reactive ketones (excluding diaryl/α,β-unsaturated/α-hetero) is 1. The summed E-state index contributed by atoms with van der Waals surface area (Å²) >= 11 is 0. The maximum atomic E-state index is 13.8. The Morgan fingerprint density at radius 3 is 2.42 bits per heavy atom. The van der Waals surface area contributed by atoms with Crippen molar-refractivity contribution >= 4 is 15.6 Å². The molecule has 1 aromatic heterocycles. The molecular formula is C21H21F4N3O4S. The Kier molecular flexibility index (Phi) is 6.95. The predicted molar refractivity (Wildman–Crippen MR) is 108 cm³/mol. The normalized spacial score (nSPS) is 17.2. The van der Waals surface area contributed by atoms with E-state index in [9.17, 15) is 36.0 Å². The summed E-state index contributed by atoms with van der Waals surface area (Å²) in [5, 5.41) is 15.0. The van der Waals surface area contributed by atoms with Gasteiger partial charge in [-0.05, 0) is 37.5 Å². The van der Waals surface area contributed by atoms with Gasteiger partial charge in [-0.1, -0.05) is 17.3 Å². The number of nitrogens with zero attached hydrogens (tertiary/aromatic N) is 2. The van der Waals surface area contributed by atoms with Gasteiger partial charge in [-0.3, -0.25) is 10.1 Å². The number of carbonyl (C=O) groups excluding carboxylic acids is 1. The Bertz CT molecular complexity index is 1150. The molecule has 0 aliphatic heterocycles. The molecule has 178 valence electrons. The molecule has 0 spiro atoms. The van der Waals surface area contributed by atoms with E-state index >= 15 is 0 Å². The minimum absolute atomic E-state index is 0.0558. The molecular weight excluding hydrogens is 466 g/mol. The average Bonchev–Trinajstić information content (AvgIpc) is 3.37. The molecule has 7 nitrogen and oxygen atoms in total. The van der Waals surface area contributed by atoms with Crippen LogP contribution in [0.3, 0.4) is 0 Å². The number of aryl methyl sites for hydroxylation is 1. The van der Waals surface area contributed by atoms with Gasteiger partial charge < -0.3 is 4.52 Å². The molecule has 33 heavy (non-hydrogen) atoms. The SMILES string of the molecule is Cc1cc(CS(=O)(=O)C[C@H](N[C@@H](c2ccc(F)cc2)C(F)(F)F)C(=O)CC2(C#N)CC2)no1. The van der Waals surface area contributed by atoms with Gasteiger partial charge in [0.05, 0.1) is 34.7 Å². The molecule has 0 unspecified atom stereocenters. The van der Waals surface area contributed by atoms with Crippen LogP contribution in [0.15, 0.2) is 34.9 Å². The molecule has 3 rings (SSSR count). The van der Waals surface area contributed by atoms with Crippen molar-refractivity contribution in [2.24, 2.45) is 5.41 Å². The lowest BCUT2D eigenvalue weighted by atomic mass is 9.96. The lowest BCUT2D eigenvalue weighted by Gasteiger charge is -2.27. The highest BCUT2D eigenvalue weighted by Gasteiger charge is 2.48. The fourth-order valence-electron chi connectivity index (χ4n) is 3.43. The van der Waals surface area contributed by atoms with Crippen molar-refractivity contribution in [3.63, 3.8) is 0 Å². The second-order valence-corrected chi connectivity index (χ2v) is 10.4. The third-order valence-corrected chi connectivity index (χ3v) is 6.93. The van der Waals surface area contributed by atoms with E-state index in [2.05, 4.69) is 10.5 Å². The van der Waals surface area contributed by atoms with Gasteiger partial charge in [0.15, 0.2) is 15.6 Å². The zero-order valence-electron chi connectivity index (χ0n) is 17.5. The zero-order valence-corrected chi connectivity index (χ0v) is 18.3. The fourth-order valence-corrected chi connectivity index (χ4v) is 4.92. The van der Waals surface area contributed by atoms with E-state index in [1.54, 1.807) is 6.92 Å². The van der Waals surface area contributed by atoms with Crippen molar-refractivity contribution in [3.05, 3.63) is 53.2 Å². The summed E-state index contributed by atoms with van der Waals surface area (Å²) in [6, 6.07) is 2.68. The van der Waals surface area contributed by atoms with Gasteiger partial charge in [0.25, 0.3) is 0 Å². The predicted octanol–water partition coefficient (Wildman–Crippen LogP) is 3.56. The number of nitriles is 1. The minimum atomic E-state index is -4.91. The van der Waals surface area contributed by atoms with E-state index in [1.807, 2.05) is 6.07 Å². The highest BCUT2D eigenvalue weighted by Crippen LogP contribution is 2.48. The summed E-state index contributed by atoms with van der Waals surface area (Å²) in [5.74, 6) is -2.78. The van der Waals surface area contributed by atoms with Crippen LogP contribution >= 0.6 is 0 Å². The molecule has 1 aliphatic rings. The van der Waals surface area contributed by atoms with E-state index < -0.39 is 56.6 Å². The van der Waals surface area contributed by atoms with Gasteiger partial charge in [0.2, 0.25) is 0 Å². The van der Waals surface area contributed by atoms with Crippen LogP contribution in [0.4, 0.5) is 17.6 Å². The number of aromatic nitrogens is 1. The van der Waals surface area contributed by atoms with E-state index in [-0.39, 0.29) is 17.7 Å². The van der Waals surface area contributed by atoms with E-state index in [4.69, 9.17) is 4.52 Å². The number of nitrogens with one attached hydrogen (secondary N) is 1. The Balaban J connectivity index is 1.88. The van der Waals surface area contributed by atoms with Crippen LogP contribution in [0.25, 0.3) is 0 Å². The molecule has 0 saturated heterocycles. The van der Waals surface area contributed by atoms with Gasteiger partial charge in [-0.25, -0.2) is 12.8 Å². The molecule has 1 aliphatic carbocycles. The Morgan fingerprint density at radius 1 is 1.30 bits per heavy atom. The maximum absolute atomic E-state index is 13.8. The molecule has 2 aromatic rings. The van der Waals surface area contributed by atoms with Gasteiger partial charge >= 0.3 is 6.18 Å². The standard InChI is InChI=1S/C21H21F4N3O4S/c1-13-8-16(28-32-13)10-33(30,31)11-17(18(29)9-20(12-26)6-7-20)27-19(21(23,24)25)14-2-4-15(22)5-3-14/h2-5,8,17,19,27H,6-7,9-11H2,1H3/t17-,19-/m0/s1. The van der Waals surface area contributed by atoms with Crippen molar-refractivity contribution in [1.29, 1.82) is 5.26 Å². The summed E-state index contributed by atoms with van der Waals surface area (Å²) in [6.45, 7) is 1.55. The summed E-state index contributed by atoms with van der Waals surface area (Å²) < 4.78 is 85.0. The quantitative estimate of drug-likeness (QED) is 0.510. The van der Waals surface area contributed by atoms with Crippen molar-refractivity contribution in [2.75, 3.05) is 5.75 Å². The maximum Gasteiger partial charge on any atom is 0.407 e. The van der Waals surface area contributed by atoms with Gasteiger partial charge in [-0.15, -0.1) is 0 Å². The first-order chi connectivity index (χ1) is 15.3. The van der Waals surface area contributed by atoms with Crippen LogP contribution in [0.1, 0.15) is 42.3 Å². The number of hydrogen-bond acceptors (Lipinski definition) is 7. The third-order valence-electron chi connectivity index (χ3n) is 5.36. The second-order valence-electron chi connectivity index (χ2n) is 8.26. The first-order valence-electron chi connectivity index (χ1n) is 9.97. The molecule has 12 heteroatoms. The van der Waals surface area contributed by atoms with Crippen molar-refractivity contribution in [2.45, 2.75) is 50.2 Å². The zero-order chi connectivity index (χ0) is 24.4. The van der Waals surface area contributed by atoms with Crippen LogP contribution in [0.2, 0.25) is 0 Å². The smallest absolute Gasteiger partial charge is 0.361 e. The van der Waals surface area contributed by atoms with E-state index in [0.717, 1.165) is 24.3 Å². The number of sulfone groups is 1. The third kappa shape index (κ3) is 6.61. The first kappa shape index (κ1) is 24.9. The van der Waals surface area contributed by atoms with Crippen LogP contribution in [0.5, 0.6) is 0 Å². The molecule has 0 bridgehead atoms. The lowest BCUT2D eigenvalue weighted by Crippen LogP contribution is -2.48. The van der Waals surface area contributed by atoms with E-state index in [1.165, 1.54) is 6.07 Å². The molecule has 0 amide bonds. The van der Waals surface area contributed by atoms with Gasteiger partial charge in [0, 0.05) is 12.5 Å². The number of alkyl halides is 3. The van der Waals surface area contributed by atoms with Crippen LogP contribution in [-0.2, 0) is 20.4 Å². The number of rotatable bonds is 10. The summed E-state index contributed by atoms with van der Waals surface area (Å²) in [4.78, 5) is 12.9. The minimum Gasteiger partial charge on any atom is -0.361 e. The molecule has 1 saturated carbocycles. The van der Waals surface area contributed by atoms with Crippen molar-refractivity contribution in [1.82, 2.24) is 10.5 Å². The van der Waals surface area contributed by atoms with E-state index in [0.29, 0.717) is 18.6 Å². The highest BCUT2D eigenvalue weighted by molar-refractivity contribution is 7.90. The Labute approximate surface area is 187 Å². The fraction of sp³-hybridized carbons (Fsp3) is 0.476. The summed E-state index contributed by atoms with van der Waals surface area (Å²) in [5.41, 5.74) is -1.30. The van der Waals surface area contributed by atoms with Crippen molar-refractivity contribution < 1.29 is 35.3 Å². The van der Waals surface area contributed by atoms with Crippen LogP contribution < -0.4 is 5.32 Å². The summed E-state index contributed by atoms with van der Waals surface area (Å²) in [7, 11) is -4.10. The largest absolute Gasteiger partial charge is 0.407 e. The molecule has 1 heterocycles. The average molecular weight is 487 g/mol. The second kappa shape index (κ2) is 9.23. The van der Waals surface area contributed by atoms with Crippen LogP contribution in [-0.4, -0.2) is 37.3 Å². The lowest BCUT2D eigenvalue weighted by molar-refractivity contribution is -0.160. The van der Waals surface area contributed by atoms with Crippen molar-refractivity contribution in [3.8, 4) is 6.07 Å². The number of carbonyl (C=O) groups is 1. The number of benzene rings is 1. The molecule has 0 radical (unpaired) electrons. The molecule has 1 aromatic carbocycles. The Hall–Kier alpha value is -2.78. The number of halogens is 4.